The molecule has 2 aromatic rings. The Balaban J connectivity index is 1.47. The van der Waals surface area contributed by atoms with Crippen molar-refractivity contribution >= 4 is 46.5 Å². The van der Waals surface area contributed by atoms with Crippen LogP contribution in [0.25, 0.3) is 0 Å². The van der Waals surface area contributed by atoms with Gasteiger partial charge >= 0.3 is 0 Å². The minimum absolute atomic E-state index is 0.0382. The maximum Gasteiger partial charge on any atom is 0.225 e. The molecule has 0 radical (unpaired) electrons. The van der Waals surface area contributed by atoms with Crippen molar-refractivity contribution in [2.45, 2.75) is 15.1 Å². The summed E-state index contributed by atoms with van der Waals surface area (Å²) in [5.41, 5.74) is 0.713. The summed E-state index contributed by atoms with van der Waals surface area (Å²) in [5, 5.41) is 11.0. The Bertz CT molecular complexity index is 693. The molecule has 0 unspecified atom stereocenters. The maximum absolute atomic E-state index is 12.0. The van der Waals surface area contributed by atoms with Gasteiger partial charge in [-0.05, 0) is 18.4 Å². The number of fused-ring (bicyclic) bond motifs is 1. The Labute approximate surface area is 146 Å². The largest absolute Gasteiger partial charge is 0.486 e. The summed E-state index contributed by atoms with van der Waals surface area (Å²) in [7, 11) is 0. The SMILES string of the molecule is CSc1nnc(SCCC(=O)Nc2ccc3c(c2)OCCO3)s1. The molecule has 0 atom stereocenters. The van der Waals surface area contributed by atoms with Gasteiger partial charge < -0.3 is 14.8 Å². The summed E-state index contributed by atoms with van der Waals surface area (Å²) in [6.45, 7) is 1.08. The predicted molar refractivity (Wildman–Crippen MR) is 93.1 cm³/mol. The van der Waals surface area contributed by atoms with Crippen molar-refractivity contribution in [2.75, 3.05) is 30.5 Å². The van der Waals surface area contributed by atoms with Gasteiger partial charge in [0, 0.05) is 23.9 Å². The second-order valence-corrected chi connectivity index (χ2v) is 7.92. The highest BCUT2D eigenvalue weighted by Gasteiger charge is 2.13. The van der Waals surface area contributed by atoms with Crippen LogP contribution in [0.3, 0.4) is 0 Å². The van der Waals surface area contributed by atoms with Crippen molar-refractivity contribution in [3.8, 4) is 11.5 Å². The number of ether oxygens (including phenoxy) is 2. The summed E-state index contributed by atoms with van der Waals surface area (Å²) in [4.78, 5) is 12.0. The van der Waals surface area contributed by atoms with Crippen molar-refractivity contribution in [3.05, 3.63) is 18.2 Å². The summed E-state index contributed by atoms with van der Waals surface area (Å²) < 4.78 is 12.8. The average molecular weight is 369 g/mol. The average Bonchev–Trinajstić information content (AvgIpc) is 3.03. The first kappa shape index (κ1) is 16.4. The minimum Gasteiger partial charge on any atom is -0.486 e. The molecule has 0 aliphatic carbocycles. The van der Waals surface area contributed by atoms with Crippen molar-refractivity contribution < 1.29 is 14.3 Å². The third kappa shape index (κ3) is 4.52. The van der Waals surface area contributed by atoms with E-state index in [0.29, 0.717) is 42.6 Å². The fourth-order valence-electron chi connectivity index (χ4n) is 1.91. The Morgan fingerprint density at radius 2 is 2.04 bits per heavy atom. The van der Waals surface area contributed by atoms with Crippen LogP contribution in [0.2, 0.25) is 0 Å². The topological polar surface area (TPSA) is 73.3 Å². The van der Waals surface area contributed by atoms with Crippen molar-refractivity contribution in [1.29, 1.82) is 0 Å². The summed E-state index contributed by atoms with van der Waals surface area (Å²) in [6, 6.07) is 5.41. The zero-order chi connectivity index (χ0) is 16.1. The molecule has 6 nitrogen and oxygen atoms in total. The molecule has 1 aromatic carbocycles. The molecule has 3 rings (SSSR count). The second kappa shape index (κ2) is 7.89. The highest BCUT2D eigenvalue weighted by atomic mass is 32.2. The van der Waals surface area contributed by atoms with E-state index in [0.717, 1.165) is 8.68 Å². The zero-order valence-electron chi connectivity index (χ0n) is 12.4. The monoisotopic (exact) mass is 369 g/mol. The van der Waals surface area contributed by atoms with E-state index in [4.69, 9.17) is 9.47 Å². The quantitative estimate of drug-likeness (QED) is 0.784. The van der Waals surface area contributed by atoms with Gasteiger partial charge in [0.2, 0.25) is 5.91 Å². The zero-order valence-corrected chi connectivity index (χ0v) is 14.9. The fourth-order valence-corrected chi connectivity index (χ4v) is 4.36. The number of hydrogen-bond donors (Lipinski definition) is 1. The Hall–Kier alpha value is -1.45. The minimum atomic E-state index is -0.0382. The smallest absolute Gasteiger partial charge is 0.225 e. The van der Waals surface area contributed by atoms with Crippen LogP contribution in [0, 0.1) is 0 Å². The van der Waals surface area contributed by atoms with Crippen molar-refractivity contribution in [2.24, 2.45) is 0 Å². The third-order valence-corrected chi connectivity index (χ3v) is 5.98. The molecule has 122 valence electrons. The molecule has 2 heterocycles. The van der Waals surface area contributed by atoms with Crippen LogP contribution in [0.15, 0.2) is 26.9 Å². The number of anilines is 1. The van der Waals surface area contributed by atoms with Gasteiger partial charge in [0.05, 0.1) is 0 Å². The van der Waals surface area contributed by atoms with E-state index in [9.17, 15) is 4.79 Å². The molecule has 23 heavy (non-hydrogen) atoms. The van der Waals surface area contributed by atoms with E-state index >= 15 is 0 Å². The normalized spacial score (nSPS) is 12.9. The molecule has 0 fully saturated rings. The molecule has 1 aromatic heterocycles. The lowest BCUT2D eigenvalue weighted by atomic mass is 10.2. The van der Waals surface area contributed by atoms with Gasteiger partial charge in [-0.25, -0.2) is 0 Å². The number of aromatic nitrogens is 2. The van der Waals surface area contributed by atoms with E-state index < -0.39 is 0 Å². The van der Waals surface area contributed by atoms with Crippen molar-refractivity contribution in [3.63, 3.8) is 0 Å². The number of nitrogens with one attached hydrogen (secondary N) is 1. The molecule has 1 amide bonds. The molecular formula is C14H15N3O3S3. The fraction of sp³-hybridized carbons (Fsp3) is 0.357. The van der Waals surface area contributed by atoms with E-state index in [2.05, 4.69) is 15.5 Å². The van der Waals surface area contributed by atoms with Gasteiger partial charge in [0.1, 0.15) is 13.2 Å². The van der Waals surface area contributed by atoms with Crippen LogP contribution >= 0.6 is 34.9 Å². The maximum atomic E-state index is 12.0. The van der Waals surface area contributed by atoms with Crippen LogP contribution in [-0.2, 0) is 4.79 Å². The first-order chi connectivity index (χ1) is 11.2. The number of carbonyl (C=O) groups excluding carboxylic acids is 1. The van der Waals surface area contributed by atoms with E-state index in [1.807, 2.05) is 18.4 Å². The summed E-state index contributed by atoms with van der Waals surface area (Å²) in [6.07, 6.45) is 2.38. The van der Waals surface area contributed by atoms with Crippen LogP contribution in [0.4, 0.5) is 5.69 Å². The van der Waals surface area contributed by atoms with Gasteiger partial charge in [0.15, 0.2) is 20.2 Å². The molecule has 1 aliphatic rings. The first-order valence-electron chi connectivity index (χ1n) is 6.94. The Morgan fingerprint density at radius 1 is 1.26 bits per heavy atom. The lowest BCUT2D eigenvalue weighted by Gasteiger charge is -2.18. The molecule has 0 bridgehead atoms. The second-order valence-electron chi connectivity index (χ2n) is 4.54. The number of rotatable bonds is 6. The molecular weight excluding hydrogens is 354 g/mol. The summed E-state index contributed by atoms with van der Waals surface area (Å²) in [5.74, 6) is 2.01. The molecule has 1 N–H and O–H groups in total. The van der Waals surface area contributed by atoms with Gasteiger partial charge in [-0.1, -0.05) is 34.9 Å². The molecule has 0 saturated carbocycles. The lowest BCUT2D eigenvalue weighted by molar-refractivity contribution is -0.115. The number of carbonyl (C=O) groups is 1. The number of amides is 1. The van der Waals surface area contributed by atoms with E-state index in [-0.39, 0.29) is 5.91 Å². The number of nitrogens with zero attached hydrogens (tertiary/aromatic N) is 2. The predicted octanol–water partition coefficient (Wildman–Crippen LogP) is 3.15. The number of thioether (sulfide) groups is 2. The van der Waals surface area contributed by atoms with Crippen LogP contribution in [0.5, 0.6) is 11.5 Å². The Kier molecular flexibility index (Phi) is 5.63. The molecule has 0 spiro atoms. The van der Waals surface area contributed by atoms with E-state index in [1.165, 1.54) is 0 Å². The van der Waals surface area contributed by atoms with Gasteiger partial charge in [0.25, 0.3) is 0 Å². The van der Waals surface area contributed by atoms with Gasteiger partial charge in [-0.3, -0.25) is 4.79 Å². The standard InChI is InChI=1S/C14H15N3O3S3/c1-21-13-16-17-14(23-13)22-7-4-12(18)15-9-2-3-10-11(8-9)20-6-5-19-10/h2-3,8H,4-7H2,1H3,(H,15,18). The summed E-state index contributed by atoms with van der Waals surface area (Å²) >= 11 is 4.66. The van der Waals surface area contributed by atoms with Gasteiger partial charge in [-0.15, -0.1) is 10.2 Å². The highest BCUT2D eigenvalue weighted by Crippen LogP contribution is 2.32. The van der Waals surface area contributed by atoms with Gasteiger partial charge in [-0.2, -0.15) is 0 Å². The first-order valence-corrected chi connectivity index (χ1v) is 9.97. The molecule has 9 heteroatoms. The third-order valence-electron chi connectivity index (χ3n) is 2.94. The van der Waals surface area contributed by atoms with E-state index in [1.54, 1.807) is 40.9 Å². The van der Waals surface area contributed by atoms with Crippen LogP contribution < -0.4 is 14.8 Å². The number of benzene rings is 1. The lowest BCUT2D eigenvalue weighted by Crippen LogP contribution is -2.16. The Morgan fingerprint density at radius 3 is 2.83 bits per heavy atom. The van der Waals surface area contributed by atoms with Crippen molar-refractivity contribution in [1.82, 2.24) is 10.2 Å². The van der Waals surface area contributed by atoms with Crippen LogP contribution in [0.1, 0.15) is 6.42 Å². The number of hydrogen-bond acceptors (Lipinski definition) is 8. The highest BCUT2D eigenvalue weighted by molar-refractivity contribution is 8.02. The molecule has 0 saturated heterocycles. The van der Waals surface area contributed by atoms with Crippen LogP contribution in [-0.4, -0.2) is 41.3 Å². The molecule has 1 aliphatic heterocycles.